The van der Waals surface area contributed by atoms with Gasteiger partial charge in [0, 0.05) is 11.8 Å². The van der Waals surface area contributed by atoms with Crippen molar-refractivity contribution < 1.29 is 28.2 Å². The smallest absolute Gasteiger partial charge is 0.357 e. The van der Waals surface area contributed by atoms with Crippen LogP contribution in [0.15, 0.2) is 59.5 Å². The molecule has 1 aromatic carbocycles. The Hall–Kier alpha value is -4.61. The molecule has 0 aliphatic heterocycles. The molecule has 11 nitrogen and oxygen atoms in total. The summed E-state index contributed by atoms with van der Waals surface area (Å²) in [4.78, 5) is 31.1. The second-order valence-electron chi connectivity index (χ2n) is 6.70. The Morgan fingerprint density at radius 2 is 2.03 bits per heavy atom. The van der Waals surface area contributed by atoms with Crippen LogP contribution in [0.2, 0.25) is 0 Å². The summed E-state index contributed by atoms with van der Waals surface area (Å²) in [5.41, 5.74) is 1.12. The highest BCUT2D eigenvalue weighted by atomic mass is 19.1. The molecule has 0 saturated heterocycles. The van der Waals surface area contributed by atoms with Crippen molar-refractivity contribution in [1.29, 1.82) is 0 Å². The predicted molar refractivity (Wildman–Crippen MR) is 110 cm³/mol. The molecule has 1 amide bonds. The Bertz CT molecular complexity index is 1270. The molecule has 0 unspecified atom stereocenters. The number of nitrogens with one attached hydrogen (secondary N) is 1. The quantitative estimate of drug-likeness (QED) is 0.364. The van der Waals surface area contributed by atoms with E-state index < -0.39 is 17.7 Å². The van der Waals surface area contributed by atoms with Crippen LogP contribution in [0.5, 0.6) is 5.75 Å². The van der Waals surface area contributed by atoms with Gasteiger partial charge in [0.1, 0.15) is 30.8 Å². The van der Waals surface area contributed by atoms with Crippen molar-refractivity contribution in [2.75, 3.05) is 13.2 Å². The first-order chi connectivity index (χ1) is 16.0. The van der Waals surface area contributed by atoms with E-state index >= 15 is 0 Å². The SMILES string of the molecule is O=C(O)c1coc(Cn2cc(-c3ccc(C(=O)NCCOc4ccccc4F)nc3)nn2)n1. The molecule has 0 aliphatic carbocycles. The summed E-state index contributed by atoms with van der Waals surface area (Å²) < 4.78 is 25.3. The highest BCUT2D eigenvalue weighted by Gasteiger charge is 2.13. The standard InChI is InChI=1S/C21H17FN6O5/c22-14-3-1-2-4-18(14)32-8-7-23-20(29)15-6-5-13(9-24-15)16-10-28(27-26-16)11-19-25-17(12-33-19)21(30)31/h1-6,9-10,12H,7-8,11H2,(H,23,29)(H,30,31). The number of nitrogens with zero attached hydrogens (tertiary/aromatic N) is 5. The molecule has 12 heteroatoms. The highest BCUT2D eigenvalue weighted by Crippen LogP contribution is 2.16. The molecular formula is C21H17FN6O5. The molecule has 0 bridgehead atoms. The summed E-state index contributed by atoms with van der Waals surface area (Å²) in [5.74, 6) is -1.76. The molecule has 0 fully saturated rings. The number of hydrogen-bond acceptors (Lipinski definition) is 8. The zero-order valence-electron chi connectivity index (χ0n) is 17.0. The number of oxazole rings is 1. The van der Waals surface area contributed by atoms with Crippen LogP contribution < -0.4 is 10.1 Å². The largest absolute Gasteiger partial charge is 0.489 e. The first-order valence-corrected chi connectivity index (χ1v) is 9.69. The molecular weight excluding hydrogens is 435 g/mol. The van der Waals surface area contributed by atoms with E-state index in [1.54, 1.807) is 24.4 Å². The van der Waals surface area contributed by atoms with Crippen LogP contribution in [0.1, 0.15) is 26.9 Å². The maximum atomic E-state index is 13.5. The van der Waals surface area contributed by atoms with Crippen molar-refractivity contribution in [3.63, 3.8) is 0 Å². The van der Waals surface area contributed by atoms with Gasteiger partial charge < -0.3 is 19.6 Å². The van der Waals surface area contributed by atoms with E-state index in [0.717, 1.165) is 6.26 Å². The van der Waals surface area contributed by atoms with Crippen molar-refractivity contribution in [3.05, 3.63) is 78.2 Å². The maximum Gasteiger partial charge on any atom is 0.357 e. The van der Waals surface area contributed by atoms with E-state index in [4.69, 9.17) is 14.3 Å². The molecule has 3 aromatic heterocycles. The van der Waals surface area contributed by atoms with Gasteiger partial charge >= 0.3 is 5.97 Å². The molecule has 33 heavy (non-hydrogen) atoms. The zero-order chi connectivity index (χ0) is 23.2. The number of rotatable bonds is 9. The first kappa shape index (κ1) is 21.6. The number of halogens is 1. The number of carboxylic acids is 1. The number of para-hydroxylation sites is 1. The van der Waals surface area contributed by atoms with E-state index in [1.807, 2.05) is 0 Å². The minimum absolute atomic E-state index is 0.100. The van der Waals surface area contributed by atoms with Crippen LogP contribution in [0.25, 0.3) is 11.3 Å². The summed E-state index contributed by atoms with van der Waals surface area (Å²) >= 11 is 0. The van der Waals surface area contributed by atoms with Crippen molar-refractivity contribution >= 4 is 11.9 Å². The number of carboxylic acid groups (broad SMARTS) is 1. The van der Waals surface area contributed by atoms with Crippen molar-refractivity contribution in [2.45, 2.75) is 6.54 Å². The Labute approximate surface area is 185 Å². The highest BCUT2D eigenvalue weighted by molar-refractivity contribution is 5.92. The lowest BCUT2D eigenvalue weighted by molar-refractivity contribution is 0.0690. The summed E-state index contributed by atoms with van der Waals surface area (Å²) in [6, 6.07) is 9.22. The third-order valence-electron chi connectivity index (χ3n) is 4.38. The number of hydrogen-bond donors (Lipinski definition) is 2. The van der Waals surface area contributed by atoms with Gasteiger partial charge in [-0.05, 0) is 24.3 Å². The van der Waals surface area contributed by atoms with Crippen LogP contribution in [0.3, 0.4) is 0 Å². The second kappa shape index (κ2) is 9.68. The molecule has 168 valence electrons. The molecule has 0 atom stereocenters. The third-order valence-corrected chi connectivity index (χ3v) is 4.38. The van der Waals surface area contributed by atoms with Gasteiger partial charge in [-0.15, -0.1) is 5.10 Å². The topological polar surface area (TPSA) is 145 Å². The monoisotopic (exact) mass is 452 g/mol. The molecule has 4 aromatic rings. The van der Waals surface area contributed by atoms with E-state index in [-0.39, 0.29) is 42.7 Å². The number of aromatic carboxylic acids is 1. The fraction of sp³-hybridized carbons (Fsp3) is 0.143. The van der Waals surface area contributed by atoms with Crippen molar-refractivity contribution in [2.24, 2.45) is 0 Å². The molecule has 3 heterocycles. The lowest BCUT2D eigenvalue weighted by Crippen LogP contribution is -2.28. The van der Waals surface area contributed by atoms with Crippen LogP contribution in [-0.2, 0) is 6.54 Å². The number of carbonyl (C=O) groups is 2. The lowest BCUT2D eigenvalue weighted by atomic mass is 10.2. The van der Waals surface area contributed by atoms with Gasteiger partial charge in [-0.2, -0.15) is 0 Å². The molecule has 0 radical (unpaired) electrons. The number of pyridine rings is 1. The Kier molecular flexibility index (Phi) is 6.34. The number of carbonyl (C=O) groups excluding carboxylic acids is 1. The summed E-state index contributed by atoms with van der Waals surface area (Å²) in [7, 11) is 0. The van der Waals surface area contributed by atoms with Gasteiger partial charge in [-0.3, -0.25) is 9.78 Å². The van der Waals surface area contributed by atoms with Gasteiger partial charge in [0.05, 0.1) is 12.7 Å². The third kappa shape index (κ3) is 5.36. The van der Waals surface area contributed by atoms with E-state index in [0.29, 0.717) is 11.3 Å². The molecule has 0 spiro atoms. The van der Waals surface area contributed by atoms with Crippen LogP contribution in [0, 0.1) is 5.82 Å². The van der Waals surface area contributed by atoms with Crippen molar-refractivity contribution in [3.8, 4) is 17.0 Å². The minimum atomic E-state index is -1.18. The number of benzene rings is 1. The van der Waals surface area contributed by atoms with Crippen LogP contribution >= 0.6 is 0 Å². The molecule has 2 N–H and O–H groups in total. The van der Waals surface area contributed by atoms with Gasteiger partial charge in [-0.25, -0.2) is 18.9 Å². The Morgan fingerprint density at radius 3 is 2.76 bits per heavy atom. The fourth-order valence-corrected chi connectivity index (χ4v) is 2.79. The fourth-order valence-electron chi connectivity index (χ4n) is 2.79. The summed E-state index contributed by atoms with van der Waals surface area (Å²) in [6.45, 7) is 0.380. The molecule has 4 rings (SSSR count). The first-order valence-electron chi connectivity index (χ1n) is 9.69. The van der Waals surface area contributed by atoms with Crippen LogP contribution in [0.4, 0.5) is 4.39 Å². The van der Waals surface area contributed by atoms with Crippen LogP contribution in [-0.4, -0.2) is 55.1 Å². The van der Waals surface area contributed by atoms with E-state index in [1.165, 1.54) is 29.1 Å². The molecule has 0 saturated carbocycles. The average molecular weight is 452 g/mol. The van der Waals surface area contributed by atoms with E-state index in [9.17, 15) is 14.0 Å². The number of amides is 1. The lowest BCUT2D eigenvalue weighted by Gasteiger charge is -2.08. The Morgan fingerprint density at radius 1 is 1.18 bits per heavy atom. The van der Waals surface area contributed by atoms with Gasteiger partial charge in [0.25, 0.3) is 5.91 Å². The summed E-state index contributed by atoms with van der Waals surface area (Å²) in [5, 5.41) is 19.5. The van der Waals surface area contributed by atoms with Gasteiger partial charge in [-0.1, -0.05) is 17.3 Å². The summed E-state index contributed by atoms with van der Waals surface area (Å²) in [6.07, 6.45) is 4.14. The second-order valence-corrected chi connectivity index (χ2v) is 6.70. The van der Waals surface area contributed by atoms with Gasteiger partial charge in [0.2, 0.25) is 5.89 Å². The van der Waals surface area contributed by atoms with Crippen molar-refractivity contribution in [1.82, 2.24) is 30.3 Å². The van der Waals surface area contributed by atoms with Gasteiger partial charge in [0.15, 0.2) is 17.3 Å². The predicted octanol–water partition coefficient (Wildman–Crippen LogP) is 2.02. The minimum Gasteiger partial charge on any atom is -0.489 e. The Balaban J connectivity index is 1.30. The normalized spacial score (nSPS) is 10.7. The average Bonchev–Trinajstić information content (AvgIpc) is 3.48. The number of ether oxygens (including phenoxy) is 1. The zero-order valence-corrected chi connectivity index (χ0v) is 17.0. The van der Waals surface area contributed by atoms with E-state index in [2.05, 4.69) is 25.6 Å². The molecule has 0 aliphatic rings. The number of aromatic nitrogens is 5. The maximum absolute atomic E-state index is 13.5.